The number of phenolic OH excluding ortho intramolecular Hbond substituents is 2. The normalized spacial score (nSPS) is 12.1. The van der Waals surface area contributed by atoms with E-state index in [2.05, 4.69) is 21.2 Å². The Morgan fingerprint density at radius 1 is 1.38 bits per heavy atom. The number of carbonyl (C=O) groups is 1. The van der Waals surface area contributed by atoms with E-state index in [0.29, 0.717) is 0 Å². The molecule has 16 heavy (non-hydrogen) atoms. The number of amides is 1. The van der Waals surface area contributed by atoms with Crippen LogP contribution in [0.4, 0.5) is 0 Å². The van der Waals surface area contributed by atoms with E-state index in [0.717, 1.165) is 11.8 Å². The maximum atomic E-state index is 11.7. The van der Waals surface area contributed by atoms with Gasteiger partial charge in [-0.2, -0.15) is 0 Å². The molecule has 1 rings (SSSR count). The van der Waals surface area contributed by atoms with E-state index < -0.39 is 0 Å². The first-order valence-electron chi connectivity index (χ1n) is 4.92. The molecule has 4 nitrogen and oxygen atoms in total. The minimum atomic E-state index is -0.306. The highest BCUT2D eigenvalue weighted by atomic mass is 79.9. The molecular weight excluding hydrogens is 274 g/mol. The van der Waals surface area contributed by atoms with Crippen LogP contribution in [0, 0.1) is 0 Å². The van der Waals surface area contributed by atoms with Gasteiger partial charge in [-0.05, 0) is 25.5 Å². The Balaban J connectivity index is 2.72. The Hall–Kier alpha value is -1.23. The summed E-state index contributed by atoms with van der Waals surface area (Å²) < 4.78 is 0. The highest BCUT2D eigenvalue weighted by Crippen LogP contribution is 2.20. The van der Waals surface area contributed by atoms with Crippen LogP contribution in [0.5, 0.6) is 11.5 Å². The molecule has 1 aromatic rings. The summed E-state index contributed by atoms with van der Waals surface area (Å²) in [7, 11) is 0. The van der Waals surface area contributed by atoms with Crippen LogP contribution in [0.15, 0.2) is 18.2 Å². The van der Waals surface area contributed by atoms with Crippen molar-refractivity contribution in [2.75, 3.05) is 5.33 Å². The number of aromatic hydroxyl groups is 2. The van der Waals surface area contributed by atoms with Crippen molar-refractivity contribution in [2.24, 2.45) is 0 Å². The Morgan fingerprint density at radius 3 is 2.44 bits per heavy atom. The van der Waals surface area contributed by atoms with Crippen LogP contribution in [-0.4, -0.2) is 27.5 Å². The van der Waals surface area contributed by atoms with Crippen LogP contribution in [-0.2, 0) is 0 Å². The summed E-state index contributed by atoms with van der Waals surface area (Å²) in [4.78, 5) is 11.7. The number of carbonyl (C=O) groups excluding carboxylic acids is 1. The van der Waals surface area contributed by atoms with E-state index in [1.54, 1.807) is 0 Å². The Labute approximate surface area is 102 Å². The first-order chi connectivity index (χ1) is 7.52. The average molecular weight is 288 g/mol. The van der Waals surface area contributed by atoms with Gasteiger partial charge in [-0.1, -0.05) is 15.9 Å². The molecule has 1 amide bonds. The monoisotopic (exact) mass is 287 g/mol. The summed E-state index contributed by atoms with van der Waals surface area (Å²) in [5.41, 5.74) is 0.249. The van der Waals surface area contributed by atoms with Crippen molar-refractivity contribution >= 4 is 21.8 Å². The van der Waals surface area contributed by atoms with E-state index >= 15 is 0 Å². The van der Waals surface area contributed by atoms with Crippen molar-refractivity contribution in [1.29, 1.82) is 0 Å². The zero-order valence-corrected chi connectivity index (χ0v) is 10.5. The summed E-state index contributed by atoms with van der Waals surface area (Å²) in [6.07, 6.45) is 0.816. The van der Waals surface area contributed by atoms with Gasteiger partial charge >= 0.3 is 0 Å². The predicted molar refractivity (Wildman–Crippen MR) is 65.1 cm³/mol. The maximum Gasteiger partial charge on any atom is 0.251 e. The number of rotatable bonds is 4. The van der Waals surface area contributed by atoms with Gasteiger partial charge in [0.25, 0.3) is 5.91 Å². The van der Waals surface area contributed by atoms with Crippen molar-refractivity contribution in [3.63, 3.8) is 0 Å². The van der Waals surface area contributed by atoms with Gasteiger partial charge in [0.15, 0.2) is 0 Å². The fourth-order valence-corrected chi connectivity index (χ4v) is 1.96. The molecule has 0 fully saturated rings. The van der Waals surface area contributed by atoms with Crippen LogP contribution in [0.3, 0.4) is 0 Å². The van der Waals surface area contributed by atoms with Crippen molar-refractivity contribution in [3.8, 4) is 11.5 Å². The molecule has 0 bridgehead atoms. The smallest absolute Gasteiger partial charge is 0.251 e. The fraction of sp³-hybridized carbons (Fsp3) is 0.364. The number of alkyl halides is 1. The van der Waals surface area contributed by atoms with Crippen molar-refractivity contribution < 1.29 is 15.0 Å². The topological polar surface area (TPSA) is 69.6 Å². The SMILES string of the molecule is CC(CCBr)NC(=O)c1cc(O)cc(O)c1. The number of benzene rings is 1. The minimum absolute atomic E-state index is 0.0383. The molecule has 1 unspecified atom stereocenters. The van der Waals surface area contributed by atoms with E-state index in [1.807, 2.05) is 6.92 Å². The quantitative estimate of drug-likeness (QED) is 0.742. The molecule has 0 spiro atoms. The second-order valence-corrected chi connectivity index (χ2v) is 4.38. The summed E-state index contributed by atoms with van der Waals surface area (Å²) in [5, 5.41) is 22.0. The molecule has 0 aliphatic heterocycles. The molecular formula is C11H14BrNO3. The molecule has 0 aliphatic rings. The third-order valence-corrected chi connectivity index (χ3v) is 2.54. The number of halogens is 1. The van der Waals surface area contributed by atoms with Gasteiger partial charge in [0, 0.05) is 23.0 Å². The number of hydrogen-bond acceptors (Lipinski definition) is 3. The third kappa shape index (κ3) is 3.73. The van der Waals surface area contributed by atoms with E-state index in [9.17, 15) is 15.0 Å². The summed E-state index contributed by atoms with van der Waals surface area (Å²) in [6.45, 7) is 1.89. The van der Waals surface area contributed by atoms with Gasteiger partial charge in [-0.25, -0.2) is 0 Å². The largest absolute Gasteiger partial charge is 0.508 e. The van der Waals surface area contributed by atoms with Crippen molar-refractivity contribution in [1.82, 2.24) is 5.32 Å². The van der Waals surface area contributed by atoms with Crippen LogP contribution < -0.4 is 5.32 Å². The van der Waals surface area contributed by atoms with Gasteiger partial charge < -0.3 is 15.5 Å². The van der Waals surface area contributed by atoms with Gasteiger partial charge in [0.1, 0.15) is 11.5 Å². The molecule has 3 N–H and O–H groups in total. The van der Waals surface area contributed by atoms with Crippen LogP contribution in [0.25, 0.3) is 0 Å². The summed E-state index contributed by atoms with van der Waals surface area (Å²) in [6, 6.07) is 3.85. The van der Waals surface area contributed by atoms with Gasteiger partial charge in [-0.3, -0.25) is 4.79 Å². The van der Waals surface area contributed by atoms with Gasteiger partial charge in [-0.15, -0.1) is 0 Å². The lowest BCUT2D eigenvalue weighted by atomic mass is 10.1. The second-order valence-electron chi connectivity index (χ2n) is 3.59. The van der Waals surface area contributed by atoms with E-state index in [4.69, 9.17) is 0 Å². The lowest BCUT2D eigenvalue weighted by Crippen LogP contribution is -2.32. The molecule has 5 heteroatoms. The lowest BCUT2D eigenvalue weighted by molar-refractivity contribution is 0.0938. The van der Waals surface area contributed by atoms with Crippen LogP contribution in [0.1, 0.15) is 23.7 Å². The van der Waals surface area contributed by atoms with E-state index in [-0.39, 0.29) is 29.0 Å². The first kappa shape index (κ1) is 12.8. The Kier molecular flexibility index (Phi) is 4.61. The van der Waals surface area contributed by atoms with Crippen molar-refractivity contribution in [3.05, 3.63) is 23.8 Å². The molecule has 0 heterocycles. The molecule has 0 aromatic heterocycles. The minimum Gasteiger partial charge on any atom is -0.508 e. The van der Waals surface area contributed by atoms with Crippen LogP contribution in [0.2, 0.25) is 0 Å². The molecule has 0 saturated carbocycles. The fourth-order valence-electron chi connectivity index (χ4n) is 1.27. The Morgan fingerprint density at radius 2 is 1.94 bits per heavy atom. The maximum absolute atomic E-state index is 11.7. The molecule has 0 radical (unpaired) electrons. The zero-order chi connectivity index (χ0) is 12.1. The van der Waals surface area contributed by atoms with Crippen molar-refractivity contribution in [2.45, 2.75) is 19.4 Å². The molecule has 88 valence electrons. The number of hydrogen-bond donors (Lipinski definition) is 3. The molecule has 1 atom stereocenters. The summed E-state index contributed by atoms with van der Waals surface area (Å²) in [5.74, 6) is -0.559. The standard InChI is InChI=1S/C11H14BrNO3/c1-7(2-3-12)13-11(16)8-4-9(14)6-10(15)5-8/h4-7,14-15H,2-3H2,1H3,(H,13,16). The van der Waals surface area contributed by atoms with Gasteiger partial charge in [0.05, 0.1) is 0 Å². The average Bonchev–Trinajstić information content (AvgIpc) is 2.16. The third-order valence-electron chi connectivity index (χ3n) is 2.08. The first-order valence-corrected chi connectivity index (χ1v) is 6.05. The molecule has 0 saturated heterocycles. The lowest BCUT2D eigenvalue weighted by Gasteiger charge is -2.12. The highest BCUT2D eigenvalue weighted by molar-refractivity contribution is 9.09. The summed E-state index contributed by atoms with van der Waals surface area (Å²) >= 11 is 3.29. The number of nitrogens with one attached hydrogen (secondary N) is 1. The molecule has 0 aliphatic carbocycles. The predicted octanol–water partition coefficient (Wildman–Crippen LogP) is 2.00. The molecule has 1 aromatic carbocycles. The van der Waals surface area contributed by atoms with E-state index in [1.165, 1.54) is 18.2 Å². The second kappa shape index (κ2) is 5.75. The highest BCUT2D eigenvalue weighted by Gasteiger charge is 2.11. The zero-order valence-electron chi connectivity index (χ0n) is 8.90. The van der Waals surface area contributed by atoms with Gasteiger partial charge in [0.2, 0.25) is 0 Å². The van der Waals surface area contributed by atoms with Crippen LogP contribution >= 0.6 is 15.9 Å². The number of phenols is 2. The Bertz CT molecular complexity index is 361.